The predicted molar refractivity (Wildman–Crippen MR) is 52.7 cm³/mol. The van der Waals surface area contributed by atoms with Gasteiger partial charge in [0.25, 0.3) is 0 Å². The molecule has 0 amide bonds. The fourth-order valence-electron chi connectivity index (χ4n) is 1.40. The van der Waals surface area contributed by atoms with Crippen LogP contribution in [0.3, 0.4) is 0 Å². The number of hydrogen-bond donors (Lipinski definition) is 0. The van der Waals surface area contributed by atoms with Gasteiger partial charge in [0.1, 0.15) is 6.54 Å². The van der Waals surface area contributed by atoms with E-state index in [4.69, 9.17) is 0 Å². The highest BCUT2D eigenvalue weighted by atomic mass is 79.9. The van der Waals surface area contributed by atoms with Crippen LogP contribution in [-0.2, 0) is 6.54 Å². The largest absolute Gasteiger partial charge is 1.00 e. The van der Waals surface area contributed by atoms with Crippen molar-refractivity contribution in [2.24, 2.45) is 0 Å². The van der Waals surface area contributed by atoms with Gasteiger partial charge in [-0.05, 0) is 6.92 Å². The van der Waals surface area contributed by atoms with Gasteiger partial charge in [-0.25, -0.2) is 17.6 Å². The van der Waals surface area contributed by atoms with E-state index >= 15 is 0 Å². The molecule has 1 aromatic rings. The summed E-state index contributed by atoms with van der Waals surface area (Å²) in [5.41, 5.74) is -1.17. The second kappa shape index (κ2) is 5.35. The fraction of sp³-hybridized carbons (Fsp3) is 0.455. The molecule has 0 aliphatic rings. The summed E-state index contributed by atoms with van der Waals surface area (Å²) in [6, 6.07) is 0. The molecule has 0 aliphatic heterocycles. The van der Waals surface area contributed by atoms with Crippen LogP contribution in [0.15, 0.2) is 0 Å². The summed E-state index contributed by atoms with van der Waals surface area (Å²) in [5, 5.41) is 0. The summed E-state index contributed by atoms with van der Waals surface area (Å²) in [4.78, 5) is 0. The number of halogens is 5. The number of rotatable bonds is 2. The Hall–Kier alpha value is -0.620. The van der Waals surface area contributed by atoms with Crippen molar-refractivity contribution in [1.82, 2.24) is 0 Å². The Kier molecular flexibility index (Phi) is 5.16. The van der Waals surface area contributed by atoms with Gasteiger partial charge in [-0.15, -0.1) is 0 Å². The average molecular weight is 316 g/mol. The molecule has 0 N–H and O–H groups in total. The van der Waals surface area contributed by atoms with Crippen LogP contribution in [0.1, 0.15) is 11.1 Å². The fourth-order valence-corrected chi connectivity index (χ4v) is 1.40. The Labute approximate surface area is 108 Å². The number of benzene rings is 1. The van der Waals surface area contributed by atoms with E-state index in [9.17, 15) is 17.6 Å². The first kappa shape index (κ1) is 16.4. The summed E-state index contributed by atoms with van der Waals surface area (Å²) in [7, 11) is 5.03. The summed E-state index contributed by atoms with van der Waals surface area (Å²) < 4.78 is 53.5. The lowest BCUT2D eigenvalue weighted by Gasteiger charge is -2.24. The molecule has 0 atom stereocenters. The van der Waals surface area contributed by atoms with Gasteiger partial charge in [0, 0.05) is 5.56 Å². The Bertz CT molecular complexity index is 397. The minimum absolute atomic E-state index is 0. The van der Waals surface area contributed by atoms with E-state index < -0.39 is 34.4 Å². The van der Waals surface area contributed by atoms with Crippen LogP contribution in [0.25, 0.3) is 0 Å². The zero-order chi connectivity index (χ0) is 12.7. The predicted octanol–water partition coefficient (Wildman–Crippen LogP) is -0.238. The highest BCUT2D eigenvalue weighted by molar-refractivity contribution is 5.28. The highest BCUT2D eigenvalue weighted by Crippen LogP contribution is 2.25. The molecule has 1 rings (SSSR count). The molecule has 6 heteroatoms. The monoisotopic (exact) mass is 315 g/mol. The minimum atomic E-state index is -1.32. The molecule has 0 heterocycles. The van der Waals surface area contributed by atoms with Crippen LogP contribution in [0.5, 0.6) is 0 Å². The van der Waals surface area contributed by atoms with Gasteiger partial charge in [-0.2, -0.15) is 0 Å². The number of hydrogen-bond acceptors (Lipinski definition) is 0. The van der Waals surface area contributed by atoms with E-state index in [1.165, 1.54) is 0 Å². The molecule has 0 saturated heterocycles. The first-order chi connectivity index (χ1) is 7.15. The molecule has 1 nitrogen and oxygen atoms in total. The Morgan fingerprint density at radius 2 is 1.18 bits per heavy atom. The third-order valence-corrected chi connectivity index (χ3v) is 2.21. The quantitative estimate of drug-likeness (QED) is 0.401. The van der Waals surface area contributed by atoms with E-state index in [1.54, 1.807) is 21.1 Å². The molecule has 0 spiro atoms. The molecule has 0 radical (unpaired) electrons. The molecule has 0 saturated carbocycles. The third kappa shape index (κ3) is 3.42. The van der Waals surface area contributed by atoms with E-state index in [2.05, 4.69) is 0 Å². The molecule has 98 valence electrons. The zero-order valence-electron chi connectivity index (χ0n) is 10.0. The summed E-state index contributed by atoms with van der Waals surface area (Å²) in [5.74, 6) is -5.24. The standard InChI is InChI=1S/C11H14F4N.BrH/c1-6-8(12)10(14)7(5-16(2,3)4)11(15)9(6)13;/h5H2,1-4H3;1H/q+1;/p-1. The molecule has 0 aliphatic carbocycles. The van der Waals surface area contributed by atoms with Gasteiger partial charge < -0.3 is 21.5 Å². The smallest absolute Gasteiger partial charge is 0.171 e. The topological polar surface area (TPSA) is 0 Å². The second-order valence-electron chi connectivity index (χ2n) is 4.81. The van der Waals surface area contributed by atoms with E-state index in [0.29, 0.717) is 0 Å². The van der Waals surface area contributed by atoms with Gasteiger partial charge in [0.2, 0.25) is 0 Å². The summed E-state index contributed by atoms with van der Waals surface area (Å²) >= 11 is 0. The molecule has 0 fully saturated rings. The Balaban J connectivity index is 0.00000256. The van der Waals surface area contributed by atoms with Gasteiger partial charge in [-0.3, -0.25) is 0 Å². The molecule has 17 heavy (non-hydrogen) atoms. The van der Waals surface area contributed by atoms with Crippen molar-refractivity contribution in [1.29, 1.82) is 0 Å². The van der Waals surface area contributed by atoms with Crippen molar-refractivity contribution in [3.8, 4) is 0 Å². The van der Waals surface area contributed by atoms with E-state index in [1.807, 2.05) is 0 Å². The lowest BCUT2D eigenvalue weighted by atomic mass is 10.1. The maximum atomic E-state index is 13.4. The van der Waals surface area contributed by atoms with Crippen molar-refractivity contribution in [3.05, 3.63) is 34.4 Å². The Morgan fingerprint density at radius 3 is 1.47 bits per heavy atom. The number of quaternary nitrogens is 1. The minimum Gasteiger partial charge on any atom is -1.00 e. The van der Waals surface area contributed by atoms with Crippen LogP contribution in [0.4, 0.5) is 17.6 Å². The van der Waals surface area contributed by atoms with Crippen molar-refractivity contribution in [2.75, 3.05) is 21.1 Å². The molecule has 0 aromatic heterocycles. The number of nitrogens with zero attached hydrogens (tertiary/aromatic N) is 1. The zero-order valence-corrected chi connectivity index (χ0v) is 11.6. The first-order valence-corrected chi connectivity index (χ1v) is 4.77. The van der Waals surface area contributed by atoms with Crippen LogP contribution >= 0.6 is 0 Å². The lowest BCUT2D eigenvalue weighted by Crippen LogP contribution is -3.00. The summed E-state index contributed by atoms with van der Waals surface area (Å²) in [6.45, 7) is 0.887. The van der Waals surface area contributed by atoms with Crippen LogP contribution in [0.2, 0.25) is 0 Å². The van der Waals surface area contributed by atoms with E-state index in [0.717, 1.165) is 6.92 Å². The Morgan fingerprint density at radius 1 is 0.824 bits per heavy atom. The third-order valence-electron chi connectivity index (χ3n) is 2.21. The van der Waals surface area contributed by atoms with Crippen LogP contribution in [0, 0.1) is 30.2 Å². The molecule has 0 unspecified atom stereocenters. The molecular weight excluding hydrogens is 302 g/mol. The average Bonchev–Trinajstić information content (AvgIpc) is 2.17. The summed E-state index contributed by atoms with van der Waals surface area (Å²) in [6.07, 6.45) is 0. The second-order valence-corrected chi connectivity index (χ2v) is 4.81. The first-order valence-electron chi connectivity index (χ1n) is 4.77. The van der Waals surface area contributed by atoms with Crippen LogP contribution in [-0.4, -0.2) is 25.6 Å². The van der Waals surface area contributed by atoms with E-state index in [-0.39, 0.29) is 28.0 Å². The van der Waals surface area contributed by atoms with Crippen LogP contribution < -0.4 is 17.0 Å². The van der Waals surface area contributed by atoms with Crippen molar-refractivity contribution in [2.45, 2.75) is 13.5 Å². The maximum Gasteiger partial charge on any atom is 0.171 e. The van der Waals surface area contributed by atoms with Gasteiger partial charge in [0.15, 0.2) is 23.3 Å². The van der Waals surface area contributed by atoms with Crippen molar-refractivity contribution < 1.29 is 39.0 Å². The van der Waals surface area contributed by atoms with Gasteiger partial charge in [0.05, 0.1) is 26.7 Å². The molecular formula is C11H14BrF4N. The van der Waals surface area contributed by atoms with Gasteiger partial charge >= 0.3 is 0 Å². The lowest BCUT2D eigenvalue weighted by molar-refractivity contribution is -0.884. The molecule has 1 aromatic carbocycles. The maximum absolute atomic E-state index is 13.4. The van der Waals surface area contributed by atoms with Crippen molar-refractivity contribution in [3.63, 3.8) is 0 Å². The SMILES string of the molecule is Cc1c(F)c(F)c(C[N+](C)(C)C)c(F)c1F.[Br-]. The normalized spacial score (nSPS) is 11.3. The highest BCUT2D eigenvalue weighted by Gasteiger charge is 2.26. The van der Waals surface area contributed by atoms with Crippen molar-refractivity contribution >= 4 is 0 Å². The van der Waals surface area contributed by atoms with Gasteiger partial charge in [-0.1, -0.05) is 0 Å². The molecule has 0 bridgehead atoms.